The molecule has 0 saturated heterocycles. The second-order valence-corrected chi connectivity index (χ2v) is 6.78. The molecule has 6 heteroatoms. The van der Waals surface area contributed by atoms with Gasteiger partial charge in [0.15, 0.2) is 17.5 Å². The average Bonchev–Trinajstić information content (AvgIpc) is 2.66. The van der Waals surface area contributed by atoms with Crippen LogP contribution in [0.2, 0.25) is 0 Å². The molecule has 3 N–H and O–H groups in total. The number of ether oxygens (including phenoxy) is 3. The van der Waals surface area contributed by atoms with Gasteiger partial charge in [0.25, 0.3) is 0 Å². The number of nitrogens with one attached hydrogen (secondary N) is 1. The molecule has 2 aromatic rings. The van der Waals surface area contributed by atoms with Gasteiger partial charge in [0, 0.05) is 0 Å². The van der Waals surface area contributed by atoms with Crippen LogP contribution < -0.4 is 25.3 Å². The van der Waals surface area contributed by atoms with E-state index in [1.807, 2.05) is 12.1 Å². The van der Waals surface area contributed by atoms with Gasteiger partial charge in [0.2, 0.25) is 5.75 Å². The van der Waals surface area contributed by atoms with E-state index in [4.69, 9.17) is 19.9 Å². The molecule has 2 atom stereocenters. The zero-order valence-electron chi connectivity index (χ0n) is 16.5. The standard InChI is InChI=1S/C21H27N3O3/c1-12-6-7-15(13(2)8-12)17-11-16(23-21(22)24-17)14-9-18(25-3)20(27-5)19(10-14)26-4/h6-10,16-17H,11H2,1-5H3,(H3,22,23,24). The molecule has 0 fully saturated rings. The fourth-order valence-electron chi connectivity index (χ4n) is 3.64. The van der Waals surface area contributed by atoms with Gasteiger partial charge in [0.1, 0.15) is 0 Å². The Morgan fingerprint density at radius 1 is 1.00 bits per heavy atom. The van der Waals surface area contributed by atoms with E-state index in [1.165, 1.54) is 16.7 Å². The normalized spacial score (nSPS) is 19.1. The summed E-state index contributed by atoms with van der Waals surface area (Å²) in [6.45, 7) is 4.22. The third kappa shape index (κ3) is 3.79. The first-order valence-electron chi connectivity index (χ1n) is 8.93. The van der Waals surface area contributed by atoms with Crippen molar-refractivity contribution in [2.75, 3.05) is 21.3 Å². The van der Waals surface area contributed by atoms with Gasteiger partial charge in [-0.3, -0.25) is 0 Å². The number of aliphatic imine (C=N–C) groups is 1. The molecule has 144 valence electrons. The molecule has 0 aliphatic carbocycles. The molecule has 6 nitrogen and oxygen atoms in total. The first-order chi connectivity index (χ1) is 13.0. The zero-order valence-corrected chi connectivity index (χ0v) is 16.5. The van der Waals surface area contributed by atoms with E-state index in [0.717, 1.165) is 12.0 Å². The molecule has 0 saturated carbocycles. The highest BCUT2D eigenvalue weighted by Gasteiger charge is 2.27. The largest absolute Gasteiger partial charge is 0.493 e. The Hall–Kier alpha value is -2.89. The molecule has 1 aliphatic rings. The van der Waals surface area contributed by atoms with E-state index >= 15 is 0 Å². The second-order valence-electron chi connectivity index (χ2n) is 6.78. The van der Waals surface area contributed by atoms with Crippen molar-refractivity contribution in [3.05, 3.63) is 52.6 Å². The minimum Gasteiger partial charge on any atom is -0.493 e. The highest BCUT2D eigenvalue weighted by atomic mass is 16.5. The van der Waals surface area contributed by atoms with Gasteiger partial charge in [-0.1, -0.05) is 23.8 Å². The van der Waals surface area contributed by atoms with Crippen LogP contribution in [0.5, 0.6) is 17.2 Å². The summed E-state index contributed by atoms with van der Waals surface area (Å²) in [6.07, 6.45) is 0.781. The van der Waals surface area contributed by atoms with Crippen LogP contribution >= 0.6 is 0 Å². The Morgan fingerprint density at radius 2 is 1.67 bits per heavy atom. The number of methoxy groups -OCH3 is 3. The lowest BCUT2D eigenvalue weighted by molar-refractivity contribution is 0.323. The third-order valence-corrected chi connectivity index (χ3v) is 4.95. The number of nitrogens with two attached hydrogens (primary N) is 1. The van der Waals surface area contributed by atoms with Crippen LogP contribution in [0.3, 0.4) is 0 Å². The third-order valence-electron chi connectivity index (χ3n) is 4.95. The summed E-state index contributed by atoms with van der Waals surface area (Å²) in [6, 6.07) is 10.3. The van der Waals surface area contributed by atoms with E-state index in [1.54, 1.807) is 21.3 Å². The molecule has 27 heavy (non-hydrogen) atoms. The fourth-order valence-corrected chi connectivity index (χ4v) is 3.64. The molecule has 0 bridgehead atoms. The van der Waals surface area contributed by atoms with Gasteiger partial charge >= 0.3 is 0 Å². The van der Waals surface area contributed by atoms with E-state index in [0.29, 0.717) is 23.2 Å². The lowest BCUT2D eigenvalue weighted by Crippen LogP contribution is -2.39. The van der Waals surface area contributed by atoms with Crippen LogP contribution in [0.15, 0.2) is 35.3 Å². The van der Waals surface area contributed by atoms with Crippen LogP contribution in [0.25, 0.3) is 0 Å². The van der Waals surface area contributed by atoms with Crippen molar-refractivity contribution in [2.24, 2.45) is 10.7 Å². The topological polar surface area (TPSA) is 78.1 Å². The van der Waals surface area contributed by atoms with Gasteiger partial charge in [0.05, 0.1) is 33.4 Å². The van der Waals surface area contributed by atoms with E-state index in [2.05, 4.69) is 42.4 Å². The molecular weight excluding hydrogens is 342 g/mol. The molecule has 3 rings (SSSR count). The Morgan fingerprint density at radius 3 is 2.22 bits per heavy atom. The van der Waals surface area contributed by atoms with Crippen molar-refractivity contribution in [3.63, 3.8) is 0 Å². The fraction of sp³-hybridized carbons (Fsp3) is 0.381. The monoisotopic (exact) mass is 369 g/mol. The van der Waals surface area contributed by atoms with Crippen molar-refractivity contribution < 1.29 is 14.2 Å². The van der Waals surface area contributed by atoms with Gasteiger partial charge in [-0.05, 0) is 49.1 Å². The molecular formula is C21H27N3O3. The first kappa shape index (κ1) is 18.9. The summed E-state index contributed by atoms with van der Waals surface area (Å²) in [5.74, 6) is 2.23. The molecule has 0 spiro atoms. The Bertz CT molecular complexity index is 839. The summed E-state index contributed by atoms with van der Waals surface area (Å²) in [7, 11) is 4.82. The highest BCUT2D eigenvalue weighted by Crippen LogP contribution is 2.42. The number of hydrogen-bond acceptors (Lipinski definition) is 6. The van der Waals surface area contributed by atoms with Crippen LogP contribution in [-0.2, 0) is 0 Å². The van der Waals surface area contributed by atoms with Gasteiger partial charge in [-0.25, -0.2) is 4.99 Å². The predicted octanol–water partition coefficient (Wildman–Crippen LogP) is 3.42. The number of benzene rings is 2. The Labute approximate surface area is 160 Å². The number of nitrogens with zero attached hydrogens (tertiary/aromatic N) is 1. The van der Waals surface area contributed by atoms with Crippen molar-refractivity contribution >= 4 is 5.96 Å². The van der Waals surface area contributed by atoms with Crippen molar-refractivity contribution in [1.29, 1.82) is 0 Å². The Balaban J connectivity index is 1.98. The molecule has 0 amide bonds. The lowest BCUT2D eigenvalue weighted by atomic mass is 9.90. The zero-order chi connectivity index (χ0) is 19.6. The average molecular weight is 369 g/mol. The summed E-state index contributed by atoms with van der Waals surface area (Å²) in [4.78, 5) is 4.61. The van der Waals surface area contributed by atoms with E-state index < -0.39 is 0 Å². The summed E-state index contributed by atoms with van der Waals surface area (Å²) >= 11 is 0. The van der Waals surface area contributed by atoms with Crippen molar-refractivity contribution in [2.45, 2.75) is 32.4 Å². The number of rotatable bonds is 5. The maximum absolute atomic E-state index is 6.12. The van der Waals surface area contributed by atoms with Crippen LogP contribution in [0.4, 0.5) is 0 Å². The van der Waals surface area contributed by atoms with E-state index in [9.17, 15) is 0 Å². The molecule has 0 radical (unpaired) electrons. The molecule has 2 aromatic carbocycles. The molecule has 2 unspecified atom stereocenters. The lowest BCUT2D eigenvalue weighted by Gasteiger charge is -2.30. The maximum Gasteiger partial charge on any atom is 0.203 e. The summed E-state index contributed by atoms with van der Waals surface area (Å²) in [5, 5.41) is 3.31. The van der Waals surface area contributed by atoms with Crippen LogP contribution in [0.1, 0.15) is 40.8 Å². The number of hydrogen-bond donors (Lipinski definition) is 2. The molecule has 1 heterocycles. The maximum atomic E-state index is 6.12. The SMILES string of the molecule is COc1cc(C2CC(c3ccc(C)cc3C)NC(N)=N2)cc(OC)c1OC. The van der Waals surface area contributed by atoms with Gasteiger partial charge in [-0.2, -0.15) is 0 Å². The van der Waals surface area contributed by atoms with Gasteiger partial charge < -0.3 is 25.3 Å². The van der Waals surface area contributed by atoms with E-state index in [-0.39, 0.29) is 12.1 Å². The van der Waals surface area contributed by atoms with Crippen molar-refractivity contribution in [3.8, 4) is 17.2 Å². The second kappa shape index (κ2) is 7.78. The quantitative estimate of drug-likeness (QED) is 0.844. The smallest absolute Gasteiger partial charge is 0.203 e. The minimum absolute atomic E-state index is 0.0900. The van der Waals surface area contributed by atoms with Crippen LogP contribution in [-0.4, -0.2) is 27.3 Å². The molecule has 0 aromatic heterocycles. The number of guanidine groups is 1. The number of aryl methyl sites for hydroxylation is 2. The first-order valence-corrected chi connectivity index (χ1v) is 8.93. The highest BCUT2D eigenvalue weighted by molar-refractivity contribution is 5.79. The predicted molar refractivity (Wildman–Crippen MR) is 107 cm³/mol. The summed E-state index contributed by atoms with van der Waals surface area (Å²) < 4.78 is 16.4. The van der Waals surface area contributed by atoms with Crippen molar-refractivity contribution in [1.82, 2.24) is 5.32 Å². The Kier molecular flexibility index (Phi) is 5.44. The minimum atomic E-state index is -0.106. The summed E-state index contributed by atoms with van der Waals surface area (Å²) in [5.41, 5.74) is 10.8. The van der Waals surface area contributed by atoms with Gasteiger partial charge in [-0.15, -0.1) is 0 Å². The molecule has 1 aliphatic heterocycles. The van der Waals surface area contributed by atoms with Crippen LogP contribution in [0, 0.1) is 13.8 Å².